The average Bonchev–Trinajstić information content (AvgIpc) is 3.37. The van der Waals surface area contributed by atoms with Gasteiger partial charge in [-0.2, -0.15) is 0 Å². The Morgan fingerprint density at radius 1 is 1.33 bits per heavy atom. The van der Waals surface area contributed by atoms with Crippen LogP contribution in [0.4, 0.5) is 10.8 Å². The van der Waals surface area contributed by atoms with E-state index >= 15 is 0 Å². The van der Waals surface area contributed by atoms with Gasteiger partial charge in [0.25, 0.3) is 0 Å². The molecule has 0 radical (unpaired) electrons. The van der Waals surface area contributed by atoms with Crippen molar-refractivity contribution in [1.82, 2.24) is 10.2 Å². The number of anilines is 2. The number of thioether (sulfide) groups is 1. The highest BCUT2D eigenvalue weighted by atomic mass is 32.2. The predicted octanol–water partition coefficient (Wildman–Crippen LogP) is 4.20. The van der Waals surface area contributed by atoms with Gasteiger partial charge >= 0.3 is 0 Å². The van der Waals surface area contributed by atoms with E-state index < -0.39 is 0 Å². The van der Waals surface area contributed by atoms with Crippen molar-refractivity contribution < 1.29 is 9.21 Å². The van der Waals surface area contributed by atoms with E-state index in [-0.39, 0.29) is 11.2 Å². The maximum atomic E-state index is 13.0. The van der Waals surface area contributed by atoms with Crippen LogP contribution in [0.2, 0.25) is 0 Å². The molecule has 1 amide bonds. The number of amides is 1. The number of hydrogen-bond acceptors (Lipinski definition) is 7. The summed E-state index contributed by atoms with van der Waals surface area (Å²) in [5.74, 6) is 0.958. The quantitative estimate of drug-likeness (QED) is 0.625. The number of rotatable bonds is 6. The number of para-hydroxylation sites is 1. The van der Waals surface area contributed by atoms with Crippen LogP contribution in [-0.2, 0) is 17.8 Å². The minimum absolute atomic E-state index is 0.118. The lowest BCUT2D eigenvalue weighted by Gasteiger charge is -2.31. The third-order valence-electron chi connectivity index (χ3n) is 4.40. The molecule has 6 nitrogen and oxygen atoms in total. The number of furan rings is 1. The fourth-order valence-corrected chi connectivity index (χ4v) is 5.04. The number of nitrogens with one attached hydrogen (secondary N) is 1. The lowest BCUT2D eigenvalue weighted by atomic mass is 10.0. The second-order valence-corrected chi connectivity index (χ2v) is 8.85. The van der Waals surface area contributed by atoms with E-state index in [1.165, 1.54) is 28.7 Å². The number of nitrogens with zero attached hydrogens (tertiary/aromatic N) is 3. The molecule has 1 aromatic carbocycles. The van der Waals surface area contributed by atoms with Crippen molar-refractivity contribution >= 4 is 39.8 Å². The molecule has 0 spiro atoms. The summed E-state index contributed by atoms with van der Waals surface area (Å²) in [6.07, 6.45) is 3.67. The Kier molecular flexibility index (Phi) is 5.45. The highest BCUT2D eigenvalue weighted by Crippen LogP contribution is 2.33. The monoisotopic (exact) mass is 400 g/mol. The molecular weight excluding hydrogens is 380 g/mol. The standard InChI is InChI=1S/C19H20N4O2S2/c1-13(17(24)23-10-4-7-14-6-2-3-9-16(14)23)26-19-22-21-18(27-19)20-12-15-8-5-11-25-15/h2-3,5-6,8-9,11,13H,4,7,10,12H2,1H3,(H,20,21). The van der Waals surface area contributed by atoms with Crippen LogP contribution >= 0.6 is 23.1 Å². The Morgan fingerprint density at radius 2 is 2.22 bits per heavy atom. The number of hydrogen-bond donors (Lipinski definition) is 1. The smallest absolute Gasteiger partial charge is 0.240 e. The van der Waals surface area contributed by atoms with Crippen LogP contribution in [0.1, 0.15) is 24.7 Å². The molecule has 140 valence electrons. The number of carbonyl (C=O) groups is 1. The van der Waals surface area contributed by atoms with Gasteiger partial charge in [-0.1, -0.05) is 41.3 Å². The first-order valence-electron chi connectivity index (χ1n) is 8.86. The number of fused-ring (bicyclic) bond motifs is 1. The summed E-state index contributed by atoms with van der Waals surface area (Å²) in [5.41, 5.74) is 2.29. The third-order valence-corrected chi connectivity index (χ3v) is 6.45. The van der Waals surface area contributed by atoms with E-state index in [0.29, 0.717) is 6.54 Å². The van der Waals surface area contributed by atoms with Crippen molar-refractivity contribution in [3.8, 4) is 0 Å². The second-order valence-electron chi connectivity index (χ2n) is 6.29. The minimum Gasteiger partial charge on any atom is -0.467 e. The Labute approximate surface area is 166 Å². The lowest BCUT2D eigenvalue weighted by molar-refractivity contribution is -0.117. The molecule has 1 atom stereocenters. The molecule has 4 rings (SSSR count). The topological polar surface area (TPSA) is 71.3 Å². The maximum absolute atomic E-state index is 13.0. The summed E-state index contributed by atoms with van der Waals surface area (Å²) in [5, 5.41) is 12.0. The van der Waals surface area contributed by atoms with Crippen LogP contribution in [0.25, 0.3) is 0 Å². The molecule has 0 saturated carbocycles. The molecule has 1 N–H and O–H groups in total. The van der Waals surface area contributed by atoms with E-state index in [9.17, 15) is 4.79 Å². The third kappa shape index (κ3) is 4.17. The zero-order valence-corrected chi connectivity index (χ0v) is 16.6. The molecule has 0 aliphatic carbocycles. The summed E-state index contributed by atoms with van der Waals surface area (Å²) < 4.78 is 6.07. The van der Waals surface area contributed by atoms with Crippen LogP contribution in [0.15, 0.2) is 51.4 Å². The van der Waals surface area contributed by atoms with Gasteiger partial charge in [-0.25, -0.2) is 0 Å². The van der Waals surface area contributed by atoms with E-state index in [1.807, 2.05) is 42.2 Å². The SMILES string of the molecule is CC(Sc1nnc(NCc2ccco2)s1)C(=O)N1CCCc2ccccc21. The minimum atomic E-state index is -0.220. The van der Waals surface area contributed by atoms with Gasteiger partial charge in [0.15, 0.2) is 4.34 Å². The van der Waals surface area contributed by atoms with E-state index in [2.05, 4.69) is 21.6 Å². The van der Waals surface area contributed by atoms with Gasteiger partial charge in [0.2, 0.25) is 11.0 Å². The van der Waals surface area contributed by atoms with Gasteiger partial charge < -0.3 is 14.6 Å². The van der Waals surface area contributed by atoms with Gasteiger partial charge in [0.05, 0.1) is 18.1 Å². The second kappa shape index (κ2) is 8.14. The Hall–Kier alpha value is -2.32. The molecule has 0 bridgehead atoms. The maximum Gasteiger partial charge on any atom is 0.240 e. The zero-order chi connectivity index (χ0) is 18.6. The molecular formula is C19H20N4O2S2. The largest absolute Gasteiger partial charge is 0.467 e. The van der Waals surface area contributed by atoms with Crippen molar-refractivity contribution in [2.24, 2.45) is 0 Å². The fraction of sp³-hybridized carbons (Fsp3) is 0.316. The predicted molar refractivity (Wildman–Crippen MR) is 108 cm³/mol. The first kappa shape index (κ1) is 18.1. The van der Waals surface area contributed by atoms with Crippen LogP contribution in [0.3, 0.4) is 0 Å². The molecule has 1 aliphatic heterocycles. The summed E-state index contributed by atoms with van der Waals surface area (Å²) >= 11 is 2.90. The number of carbonyl (C=O) groups excluding carboxylic acids is 1. The first-order valence-corrected chi connectivity index (χ1v) is 10.6. The molecule has 8 heteroatoms. The van der Waals surface area contributed by atoms with Gasteiger partial charge in [-0.15, -0.1) is 10.2 Å². The Bertz CT molecular complexity index is 910. The van der Waals surface area contributed by atoms with Crippen molar-refractivity contribution in [1.29, 1.82) is 0 Å². The first-order chi connectivity index (χ1) is 13.2. The summed E-state index contributed by atoms with van der Waals surface area (Å²) in [4.78, 5) is 14.9. The van der Waals surface area contributed by atoms with E-state index in [4.69, 9.17) is 4.42 Å². The van der Waals surface area contributed by atoms with Crippen LogP contribution in [-0.4, -0.2) is 27.9 Å². The highest BCUT2D eigenvalue weighted by Gasteiger charge is 2.27. The van der Waals surface area contributed by atoms with Crippen LogP contribution in [0.5, 0.6) is 0 Å². The number of benzene rings is 1. The normalized spacial score (nSPS) is 14.6. The van der Waals surface area contributed by atoms with Gasteiger partial charge in [-0.05, 0) is 43.5 Å². The van der Waals surface area contributed by atoms with E-state index in [0.717, 1.165) is 40.3 Å². The van der Waals surface area contributed by atoms with Crippen molar-refractivity contribution in [2.45, 2.75) is 35.9 Å². The van der Waals surface area contributed by atoms with Crippen molar-refractivity contribution in [2.75, 3.05) is 16.8 Å². The zero-order valence-electron chi connectivity index (χ0n) is 14.9. The van der Waals surface area contributed by atoms with Crippen molar-refractivity contribution in [3.63, 3.8) is 0 Å². The molecule has 3 aromatic rings. The number of aryl methyl sites for hydroxylation is 1. The molecule has 3 heterocycles. The number of aromatic nitrogens is 2. The summed E-state index contributed by atoms with van der Waals surface area (Å²) in [6, 6.07) is 11.9. The molecule has 1 aliphatic rings. The molecule has 1 unspecified atom stereocenters. The highest BCUT2D eigenvalue weighted by molar-refractivity contribution is 8.02. The van der Waals surface area contributed by atoms with Gasteiger partial charge in [-0.3, -0.25) is 4.79 Å². The van der Waals surface area contributed by atoms with Crippen LogP contribution in [0, 0.1) is 0 Å². The fourth-order valence-electron chi connectivity index (χ4n) is 3.09. The summed E-state index contributed by atoms with van der Waals surface area (Å²) in [7, 11) is 0. The van der Waals surface area contributed by atoms with Crippen LogP contribution < -0.4 is 10.2 Å². The molecule has 0 fully saturated rings. The van der Waals surface area contributed by atoms with E-state index in [1.54, 1.807) is 6.26 Å². The van der Waals surface area contributed by atoms with Gasteiger partial charge in [0.1, 0.15) is 5.76 Å². The summed E-state index contributed by atoms with van der Waals surface area (Å²) in [6.45, 7) is 3.26. The average molecular weight is 401 g/mol. The Morgan fingerprint density at radius 3 is 3.07 bits per heavy atom. The molecule has 27 heavy (non-hydrogen) atoms. The lowest BCUT2D eigenvalue weighted by Crippen LogP contribution is -2.40. The van der Waals surface area contributed by atoms with Gasteiger partial charge in [0, 0.05) is 12.2 Å². The molecule has 0 saturated heterocycles. The molecule has 2 aromatic heterocycles. The van der Waals surface area contributed by atoms with Crippen molar-refractivity contribution in [3.05, 3.63) is 54.0 Å². The Balaban J connectivity index is 1.38.